The number of rotatable bonds is 4. The van der Waals surface area contributed by atoms with Gasteiger partial charge in [-0.15, -0.1) is 11.3 Å². The van der Waals surface area contributed by atoms with Gasteiger partial charge in [0, 0.05) is 54.9 Å². The molecular formula is C21H25N5S. The zero-order chi connectivity index (χ0) is 18.4. The second-order valence-corrected chi connectivity index (χ2v) is 9.13. The molecule has 0 aromatic carbocycles. The van der Waals surface area contributed by atoms with Crippen LogP contribution in [0, 0.1) is 5.41 Å². The first kappa shape index (κ1) is 17.1. The minimum Gasteiger partial charge on any atom is -0.355 e. The van der Waals surface area contributed by atoms with Crippen LogP contribution in [0.1, 0.15) is 36.8 Å². The Morgan fingerprint density at radius 3 is 2.78 bits per heavy atom. The van der Waals surface area contributed by atoms with Crippen molar-refractivity contribution < 1.29 is 0 Å². The molecule has 5 rings (SSSR count). The minimum atomic E-state index is 0.419. The van der Waals surface area contributed by atoms with Crippen molar-refractivity contribution in [2.45, 2.75) is 32.7 Å². The summed E-state index contributed by atoms with van der Waals surface area (Å²) < 4.78 is 0. The molecule has 0 bridgehead atoms. The Morgan fingerprint density at radius 1 is 1.19 bits per heavy atom. The Bertz CT molecular complexity index is 948. The summed E-state index contributed by atoms with van der Waals surface area (Å²) >= 11 is 1.80. The fourth-order valence-corrected chi connectivity index (χ4v) is 5.56. The van der Waals surface area contributed by atoms with Crippen molar-refractivity contribution in [2.24, 2.45) is 5.41 Å². The first-order valence-electron chi connectivity index (χ1n) is 9.80. The van der Waals surface area contributed by atoms with Gasteiger partial charge >= 0.3 is 0 Å². The molecule has 27 heavy (non-hydrogen) atoms. The van der Waals surface area contributed by atoms with Crippen LogP contribution in [-0.4, -0.2) is 46.0 Å². The van der Waals surface area contributed by atoms with Crippen LogP contribution >= 0.6 is 11.3 Å². The van der Waals surface area contributed by atoms with E-state index < -0.39 is 0 Å². The van der Waals surface area contributed by atoms with E-state index in [1.165, 1.54) is 35.3 Å². The standard InChI is InChI=1S/C21H25N5S/c1-3-17-10-18-19(23-14-24-20(18)27-17)25-9-6-21(11-25)12-26(13-21)15(2)16-4-7-22-8-5-16/h4-5,7-8,10,14-15H,3,6,9,11-13H2,1-2H3. The van der Waals surface area contributed by atoms with E-state index in [4.69, 9.17) is 0 Å². The number of hydrogen-bond donors (Lipinski definition) is 0. The molecule has 0 saturated carbocycles. The molecule has 2 aliphatic heterocycles. The molecule has 3 aromatic rings. The van der Waals surface area contributed by atoms with Gasteiger partial charge in [-0.05, 0) is 43.5 Å². The number of pyridine rings is 1. The summed E-state index contributed by atoms with van der Waals surface area (Å²) in [7, 11) is 0. The van der Waals surface area contributed by atoms with Crippen LogP contribution in [0.2, 0.25) is 0 Å². The maximum atomic E-state index is 4.66. The van der Waals surface area contributed by atoms with Crippen LogP contribution in [0.5, 0.6) is 0 Å². The Labute approximate surface area is 164 Å². The molecule has 1 unspecified atom stereocenters. The fourth-order valence-electron chi connectivity index (χ4n) is 4.64. The molecule has 140 valence electrons. The van der Waals surface area contributed by atoms with Crippen molar-refractivity contribution in [1.29, 1.82) is 0 Å². The van der Waals surface area contributed by atoms with Gasteiger partial charge in [0.25, 0.3) is 0 Å². The van der Waals surface area contributed by atoms with E-state index in [0.717, 1.165) is 30.2 Å². The van der Waals surface area contributed by atoms with Crippen LogP contribution in [-0.2, 0) is 6.42 Å². The maximum Gasteiger partial charge on any atom is 0.140 e. The van der Waals surface area contributed by atoms with E-state index in [0.29, 0.717) is 11.5 Å². The van der Waals surface area contributed by atoms with Crippen molar-refractivity contribution in [2.75, 3.05) is 31.1 Å². The molecule has 3 aromatic heterocycles. The lowest BCUT2D eigenvalue weighted by molar-refractivity contribution is -0.0120. The number of aryl methyl sites for hydroxylation is 1. The Kier molecular flexibility index (Phi) is 4.13. The first-order chi connectivity index (χ1) is 13.2. The predicted octanol–water partition coefficient (Wildman–Crippen LogP) is 3.92. The van der Waals surface area contributed by atoms with E-state index in [9.17, 15) is 0 Å². The minimum absolute atomic E-state index is 0.419. The van der Waals surface area contributed by atoms with Crippen molar-refractivity contribution >= 4 is 27.4 Å². The summed E-state index contributed by atoms with van der Waals surface area (Å²) in [4.78, 5) is 20.9. The molecule has 6 heteroatoms. The lowest BCUT2D eigenvalue weighted by Gasteiger charge is -2.51. The number of anilines is 1. The van der Waals surface area contributed by atoms with Crippen LogP contribution < -0.4 is 4.90 Å². The lowest BCUT2D eigenvalue weighted by atomic mass is 9.77. The topological polar surface area (TPSA) is 45.2 Å². The van der Waals surface area contributed by atoms with Gasteiger partial charge in [0.1, 0.15) is 17.0 Å². The van der Waals surface area contributed by atoms with Crippen LogP contribution in [0.25, 0.3) is 10.2 Å². The number of fused-ring (bicyclic) bond motifs is 1. The monoisotopic (exact) mass is 379 g/mol. The third kappa shape index (κ3) is 2.91. The maximum absolute atomic E-state index is 4.66. The SMILES string of the molecule is CCc1cc2c(N3CCC4(C3)CN(C(C)c3ccncc3)C4)ncnc2s1. The number of likely N-dealkylation sites (tertiary alicyclic amines) is 1. The Morgan fingerprint density at radius 2 is 2.00 bits per heavy atom. The van der Waals surface area contributed by atoms with E-state index in [2.05, 4.69) is 56.8 Å². The van der Waals surface area contributed by atoms with Crippen molar-refractivity contribution in [3.8, 4) is 0 Å². The van der Waals surface area contributed by atoms with Gasteiger partial charge in [0.15, 0.2) is 0 Å². The highest BCUT2D eigenvalue weighted by Gasteiger charge is 2.49. The molecule has 0 amide bonds. The zero-order valence-electron chi connectivity index (χ0n) is 15.9. The molecule has 1 atom stereocenters. The highest BCUT2D eigenvalue weighted by molar-refractivity contribution is 7.18. The molecule has 5 heterocycles. The summed E-state index contributed by atoms with van der Waals surface area (Å²) in [5.74, 6) is 1.13. The van der Waals surface area contributed by atoms with Gasteiger partial charge in [0.05, 0.1) is 5.39 Å². The summed E-state index contributed by atoms with van der Waals surface area (Å²) in [6.45, 7) is 9.06. The van der Waals surface area contributed by atoms with Crippen molar-refractivity contribution in [1.82, 2.24) is 19.9 Å². The van der Waals surface area contributed by atoms with Gasteiger partial charge in [0.2, 0.25) is 0 Å². The molecule has 1 spiro atoms. The van der Waals surface area contributed by atoms with E-state index in [1.54, 1.807) is 17.7 Å². The van der Waals surface area contributed by atoms with Crippen LogP contribution in [0.15, 0.2) is 36.9 Å². The summed E-state index contributed by atoms with van der Waals surface area (Å²) in [5.41, 5.74) is 1.78. The van der Waals surface area contributed by atoms with Gasteiger partial charge in [-0.3, -0.25) is 9.88 Å². The van der Waals surface area contributed by atoms with Gasteiger partial charge in [-0.25, -0.2) is 9.97 Å². The van der Waals surface area contributed by atoms with E-state index in [1.807, 2.05) is 12.4 Å². The van der Waals surface area contributed by atoms with E-state index >= 15 is 0 Å². The molecular weight excluding hydrogens is 354 g/mol. The summed E-state index contributed by atoms with van der Waals surface area (Å²) in [6.07, 6.45) is 7.83. The zero-order valence-corrected chi connectivity index (χ0v) is 16.7. The Balaban J connectivity index is 1.31. The molecule has 5 nitrogen and oxygen atoms in total. The van der Waals surface area contributed by atoms with Crippen LogP contribution in [0.3, 0.4) is 0 Å². The lowest BCUT2D eigenvalue weighted by Crippen LogP contribution is -2.58. The number of hydrogen-bond acceptors (Lipinski definition) is 6. The molecule has 2 saturated heterocycles. The second kappa shape index (κ2) is 6.53. The summed E-state index contributed by atoms with van der Waals surface area (Å²) in [6, 6.07) is 7.02. The van der Waals surface area contributed by atoms with Gasteiger partial charge in [-0.2, -0.15) is 0 Å². The van der Waals surface area contributed by atoms with Gasteiger partial charge < -0.3 is 4.90 Å². The molecule has 0 radical (unpaired) electrons. The largest absolute Gasteiger partial charge is 0.355 e. The highest BCUT2D eigenvalue weighted by Crippen LogP contribution is 2.45. The Hall–Kier alpha value is -2.05. The molecule has 2 fully saturated rings. The third-order valence-corrected chi connectivity index (χ3v) is 7.45. The average molecular weight is 380 g/mol. The normalized spacial score (nSPS) is 20.3. The van der Waals surface area contributed by atoms with Gasteiger partial charge in [-0.1, -0.05) is 6.92 Å². The predicted molar refractivity (Wildman–Crippen MR) is 110 cm³/mol. The highest BCUT2D eigenvalue weighted by atomic mass is 32.1. The second-order valence-electron chi connectivity index (χ2n) is 8.02. The number of aromatic nitrogens is 3. The van der Waals surface area contributed by atoms with Crippen molar-refractivity contribution in [3.63, 3.8) is 0 Å². The number of thiophene rings is 1. The molecule has 0 aliphatic carbocycles. The smallest absolute Gasteiger partial charge is 0.140 e. The first-order valence-corrected chi connectivity index (χ1v) is 10.6. The van der Waals surface area contributed by atoms with Crippen molar-refractivity contribution in [3.05, 3.63) is 47.4 Å². The van der Waals surface area contributed by atoms with Crippen LogP contribution in [0.4, 0.5) is 5.82 Å². The molecule has 0 N–H and O–H groups in total. The quantitative estimate of drug-likeness (QED) is 0.687. The third-order valence-electron chi connectivity index (χ3n) is 6.26. The molecule has 2 aliphatic rings. The summed E-state index contributed by atoms with van der Waals surface area (Å²) in [5, 5.41) is 1.23. The fraction of sp³-hybridized carbons (Fsp3) is 0.476. The van der Waals surface area contributed by atoms with E-state index in [-0.39, 0.29) is 0 Å². The number of nitrogens with zero attached hydrogens (tertiary/aromatic N) is 5. The average Bonchev–Trinajstić information content (AvgIpc) is 3.31.